The molecule has 0 saturated carbocycles. The van der Waals surface area contributed by atoms with Gasteiger partial charge < -0.3 is 5.32 Å². The Labute approximate surface area is 116 Å². The molecule has 1 nitrogen and oxygen atoms in total. The molecule has 20 heavy (non-hydrogen) atoms. The number of hydrogen-bond donors (Lipinski definition) is 1. The quantitative estimate of drug-likeness (QED) is 0.888. The minimum Gasteiger partial charge on any atom is -0.307 e. The molecular formula is C16H16F3N. The highest BCUT2D eigenvalue weighted by atomic mass is 19.1. The summed E-state index contributed by atoms with van der Waals surface area (Å²) in [6, 6.07) is 7.70. The summed E-state index contributed by atoms with van der Waals surface area (Å²) in [6.45, 7) is 4.15. The van der Waals surface area contributed by atoms with Gasteiger partial charge in [-0.3, -0.25) is 0 Å². The summed E-state index contributed by atoms with van der Waals surface area (Å²) < 4.78 is 40.4. The first kappa shape index (κ1) is 14.6. The van der Waals surface area contributed by atoms with E-state index in [1.165, 1.54) is 18.2 Å². The van der Waals surface area contributed by atoms with Crippen LogP contribution in [0.3, 0.4) is 0 Å². The fourth-order valence-corrected chi connectivity index (χ4v) is 2.16. The molecule has 0 aliphatic rings. The normalized spacial score (nSPS) is 12.4. The van der Waals surface area contributed by atoms with Crippen LogP contribution < -0.4 is 5.32 Å². The van der Waals surface area contributed by atoms with E-state index in [-0.39, 0.29) is 5.82 Å². The second-order valence-electron chi connectivity index (χ2n) is 4.70. The van der Waals surface area contributed by atoms with Crippen LogP contribution in [0.5, 0.6) is 0 Å². The lowest BCUT2D eigenvalue weighted by molar-refractivity contribution is 0.562. The summed E-state index contributed by atoms with van der Waals surface area (Å²) in [6.07, 6.45) is 0. The molecule has 4 heteroatoms. The second kappa shape index (κ2) is 6.09. The standard InChI is InChI=1S/C16H16F3N/c1-3-20-16(11-5-4-10(2)15(19)8-11)12-6-13(17)9-14(18)7-12/h4-9,16,20H,3H2,1-2H3. The molecule has 0 aliphatic heterocycles. The molecule has 0 amide bonds. The zero-order valence-corrected chi connectivity index (χ0v) is 11.4. The molecule has 2 aromatic carbocycles. The predicted molar refractivity (Wildman–Crippen MR) is 73.0 cm³/mol. The molecule has 2 aromatic rings. The molecule has 0 bridgehead atoms. The first-order valence-electron chi connectivity index (χ1n) is 6.46. The fraction of sp³-hybridized carbons (Fsp3) is 0.250. The van der Waals surface area contributed by atoms with Crippen LogP contribution in [0.4, 0.5) is 13.2 Å². The summed E-state index contributed by atoms with van der Waals surface area (Å²) in [7, 11) is 0. The zero-order chi connectivity index (χ0) is 14.7. The summed E-state index contributed by atoms with van der Waals surface area (Å²) in [5, 5.41) is 3.12. The summed E-state index contributed by atoms with van der Waals surface area (Å²) in [4.78, 5) is 0. The number of halogens is 3. The molecule has 0 fully saturated rings. The van der Waals surface area contributed by atoms with Crippen LogP contribution in [-0.2, 0) is 0 Å². The molecular weight excluding hydrogens is 263 g/mol. The van der Waals surface area contributed by atoms with Gasteiger partial charge in [0.2, 0.25) is 0 Å². The van der Waals surface area contributed by atoms with E-state index >= 15 is 0 Å². The van der Waals surface area contributed by atoms with Crippen molar-refractivity contribution in [2.45, 2.75) is 19.9 Å². The Morgan fingerprint density at radius 1 is 0.950 bits per heavy atom. The molecule has 1 atom stereocenters. The molecule has 2 rings (SSSR count). The van der Waals surface area contributed by atoms with Crippen LogP contribution in [0.1, 0.15) is 29.7 Å². The van der Waals surface area contributed by atoms with Crippen molar-refractivity contribution in [1.82, 2.24) is 5.32 Å². The highest BCUT2D eigenvalue weighted by molar-refractivity contribution is 5.34. The molecule has 0 saturated heterocycles. The smallest absolute Gasteiger partial charge is 0.126 e. The lowest BCUT2D eigenvalue weighted by Gasteiger charge is -2.19. The fourth-order valence-electron chi connectivity index (χ4n) is 2.16. The largest absolute Gasteiger partial charge is 0.307 e. The third-order valence-corrected chi connectivity index (χ3v) is 3.16. The Hall–Kier alpha value is -1.81. The zero-order valence-electron chi connectivity index (χ0n) is 11.4. The molecule has 0 heterocycles. The Kier molecular flexibility index (Phi) is 4.45. The van der Waals surface area contributed by atoms with Crippen molar-refractivity contribution in [3.8, 4) is 0 Å². The van der Waals surface area contributed by atoms with Gasteiger partial charge in [0.15, 0.2) is 0 Å². The van der Waals surface area contributed by atoms with Crippen LogP contribution >= 0.6 is 0 Å². The van der Waals surface area contributed by atoms with Gasteiger partial charge in [-0.25, -0.2) is 13.2 Å². The molecule has 0 spiro atoms. The van der Waals surface area contributed by atoms with Crippen LogP contribution in [-0.4, -0.2) is 6.54 Å². The minimum absolute atomic E-state index is 0.331. The van der Waals surface area contributed by atoms with E-state index in [1.807, 2.05) is 6.92 Å². The van der Waals surface area contributed by atoms with Gasteiger partial charge >= 0.3 is 0 Å². The molecule has 1 unspecified atom stereocenters. The van der Waals surface area contributed by atoms with Crippen molar-refractivity contribution in [2.24, 2.45) is 0 Å². The van der Waals surface area contributed by atoms with Crippen LogP contribution in [0.2, 0.25) is 0 Å². The maximum absolute atomic E-state index is 13.7. The Bertz CT molecular complexity index is 590. The molecule has 1 N–H and O–H groups in total. The van der Waals surface area contributed by atoms with Gasteiger partial charge in [-0.15, -0.1) is 0 Å². The number of aryl methyl sites for hydroxylation is 1. The highest BCUT2D eigenvalue weighted by Gasteiger charge is 2.16. The van der Waals surface area contributed by atoms with Crippen LogP contribution in [0.15, 0.2) is 36.4 Å². The molecule has 0 aliphatic carbocycles. The lowest BCUT2D eigenvalue weighted by atomic mass is 9.97. The van der Waals surface area contributed by atoms with E-state index in [2.05, 4.69) is 5.32 Å². The number of nitrogens with one attached hydrogen (secondary N) is 1. The van der Waals surface area contributed by atoms with Crippen molar-refractivity contribution >= 4 is 0 Å². The van der Waals surface area contributed by atoms with Gasteiger partial charge in [-0.2, -0.15) is 0 Å². The first-order valence-corrected chi connectivity index (χ1v) is 6.46. The number of benzene rings is 2. The van der Waals surface area contributed by atoms with E-state index < -0.39 is 17.7 Å². The Balaban J connectivity index is 2.46. The van der Waals surface area contributed by atoms with Crippen molar-refractivity contribution < 1.29 is 13.2 Å². The lowest BCUT2D eigenvalue weighted by Crippen LogP contribution is -2.22. The van der Waals surface area contributed by atoms with Crippen LogP contribution in [0, 0.1) is 24.4 Å². The molecule has 0 aromatic heterocycles. The monoisotopic (exact) mass is 279 g/mol. The average Bonchev–Trinajstić information content (AvgIpc) is 2.38. The highest BCUT2D eigenvalue weighted by Crippen LogP contribution is 2.25. The van der Waals surface area contributed by atoms with E-state index in [4.69, 9.17) is 0 Å². The summed E-state index contributed by atoms with van der Waals surface area (Å²) in [5.74, 6) is -1.62. The average molecular weight is 279 g/mol. The number of rotatable bonds is 4. The van der Waals surface area contributed by atoms with E-state index in [1.54, 1.807) is 19.1 Å². The summed E-state index contributed by atoms with van der Waals surface area (Å²) >= 11 is 0. The van der Waals surface area contributed by atoms with Crippen molar-refractivity contribution in [3.63, 3.8) is 0 Å². The Morgan fingerprint density at radius 3 is 2.15 bits per heavy atom. The first-order chi connectivity index (χ1) is 9.51. The van der Waals surface area contributed by atoms with Gasteiger partial charge in [0.25, 0.3) is 0 Å². The molecule has 0 radical (unpaired) electrons. The van der Waals surface area contributed by atoms with E-state index in [0.29, 0.717) is 23.2 Å². The molecule has 106 valence electrons. The maximum atomic E-state index is 13.7. The minimum atomic E-state index is -0.643. The van der Waals surface area contributed by atoms with E-state index in [0.717, 1.165) is 6.07 Å². The van der Waals surface area contributed by atoms with E-state index in [9.17, 15) is 13.2 Å². The van der Waals surface area contributed by atoms with Gasteiger partial charge in [0.05, 0.1) is 6.04 Å². The topological polar surface area (TPSA) is 12.0 Å². The van der Waals surface area contributed by atoms with Gasteiger partial charge in [0, 0.05) is 6.07 Å². The third kappa shape index (κ3) is 3.20. The van der Waals surface area contributed by atoms with Gasteiger partial charge in [-0.1, -0.05) is 19.1 Å². The maximum Gasteiger partial charge on any atom is 0.126 e. The number of hydrogen-bond acceptors (Lipinski definition) is 1. The van der Waals surface area contributed by atoms with Crippen molar-refractivity contribution in [3.05, 3.63) is 70.5 Å². The second-order valence-corrected chi connectivity index (χ2v) is 4.70. The van der Waals surface area contributed by atoms with Crippen molar-refractivity contribution in [2.75, 3.05) is 6.54 Å². The predicted octanol–water partition coefficient (Wildman–Crippen LogP) is 4.11. The van der Waals surface area contributed by atoms with Crippen LogP contribution in [0.25, 0.3) is 0 Å². The summed E-state index contributed by atoms with van der Waals surface area (Å²) in [5.41, 5.74) is 1.61. The van der Waals surface area contributed by atoms with Crippen molar-refractivity contribution in [1.29, 1.82) is 0 Å². The van der Waals surface area contributed by atoms with Gasteiger partial charge in [0.1, 0.15) is 17.5 Å². The SMILES string of the molecule is CCNC(c1cc(F)cc(F)c1)c1ccc(C)c(F)c1. The third-order valence-electron chi connectivity index (χ3n) is 3.16. The van der Waals surface area contributed by atoms with Gasteiger partial charge in [-0.05, 0) is 48.4 Å². The Morgan fingerprint density at radius 2 is 1.60 bits per heavy atom.